The maximum Gasteiger partial charge on any atom is 0.276 e. The van der Waals surface area contributed by atoms with Crippen molar-refractivity contribution in [3.8, 4) is 21.7 Å². The summed E-state index contributed by atoms with van der Waals surface area (Å²) < 4.78 is 14.4. The fraction of sp³-hybridized carbons (Fsp3) is 0.0811. The van der Waals surface area contributed by atoms with Crippen LogP contribution in [0.25, 0.3) is 33.9 Å². The van der Waals surface area contributed by atoms with Crippen LogP contribution in [0.15, 0.2) is 103 Å². The van der Waals surface area contributed by atoms with E-state index in [1.54, 1.807) is 36.2 Å². The second-order valence-corrected chi connectivity index (χ2v) is 12.0. The maximum atomic E-state index is 14.4. The SMILES string of the molecule is Cc1cccc(F)c1NC(=O)c1cc2c(s1)-c1ccccc1N(C(=O)c1cccc(-c3c[nH]nc3/C=C/c3ccccc3)n1)CC2. The van der Waals surface area contributed by atoms with E-state index in [0.717, 1.165) is 38.5 Å². The average molecular weight is 626 g/mol. The second kappa shape index (κ2) is 12.4. The molecule has 3 aromatic heterocycles. The highest BCUT2D eigenvalue weighted by Crippen LogP contribution is 2.42. The molecule has 0 unspecified atom stereocenters. The van der Waals surface area contributed by atoms with E-state index >= 15 is 0 Å². The minimum atomic E-state index is -0.476. The van der Waals surface area contributed by atoms with Crippen molar-refractivity contribution in [2.45, 2.75) is 13.3 Å². The van der Waals surface area contributed by atoms with Crippen LogP contribution < -0.4 is 10.2 Å². The fourth-order valence-corrected chi connectivity index (χ4v) is 6.74. The lowest BCUT2D eigenvalue weighted by atomic mass is 10.1. The summed E-state index contributed by atoms with van der Waals surface area (Å²) in [5.74, 6) is -1.06. The van der Waals surface area contributed by atoms with Crippen LogP contribution in [0.2, 0.25) is 0 Å². The van der Waals surface area contributed by atoms with E-state index in [1.807, 2.05) is 84.9 Å². The van der Waals surface area contributed by atoms with E-state index in [0.29, 0.717) is 34.8 Å². The summed E-state index contributed by atoms with van der Waals surface area (Å²) in [4.78, 5) is 35.2. The highest BCUT2D eigenvalue weighted by atomic mass is 32.1. The van der Waals surface area contributed by atoms with Crippen molar-refractivity contribution in [2.75, 3.05) is 16.8 Å². The number of aromatic amines is 1. The van der Waals surface area contributed by atoms with Crippen molar-refractivity contribution < 1.29 is 14.0 Å². The van der Waals surface area contributed by atoms with Crippen LogP contribution in [0.4, 0.5) is 15.8 Å². The molecule has 6 aromatic rings. The zero-order chi connectivity index (χ0) is 31.6. The zero-order valence-corrected chi connectivity index (χ0v) is 25.6. The Balaban J connectivity index is 1.16. The van der Waals surface area contributed by atoms with Crippen LogP contribution in [0, 0.1) is 12.7 Å². The molecule has 4 heterocycles. The molecule has 46 heavy (non-hydrogen) atoms. The van der Waals surface area contributed by atoms with Crippen molar-refractivity contribution in [1.82, 2.24) is 15.2 Å². The van der Waals surface area contributed by atoms with Crippen molar-refractivity contribution in [3.05, 3.63) is 142 Å². The summed E-state index contributed by atoms with van der Waals surface area (Å²) in [7, 11) is 0. The lowest BCUT2D eigenvalue weighted by molar-refractivity contribution is 0.0981. The molecular formula is C37H28FN5O2S. The first-order chi connectivity index (χ1) is 22.5. The minimum absolute atomic E-state index is 0.178. The zero-order valence-electron chi connectivity index (χ0n) is 24.8. The maximum absolute atomic E-state index is 14.4. The summed E-state index contributed by atoms with van der Waals surface area (Å²) in [5, 5.41) is 10.1. The molecule has 226 valence electrons. The van der Waals surface area contributed by atoms with Gasteiger partial charge in [-0.05, 0) is 66.4 Å². The largest absolute Gasteiger partial charge is 0.319 e. The molecule has 3 aromatic carbocycles. The van der Waals surface area contributed by atoms with Crippen LogP contribution in [0.1, 0.15) is 42.5 Å². The molecular weight excluding hydrogens is 598 g/mol. The number of nitrogens with one attached hydrogen (secondary N) is 2. The Morgan fingerprint density at radius 2 is 1.74 bits per heavy atom. The standard InChI is InChI=1S/C37H28FN5O2S/c1-23-9-7-13-28(38)34(23)41-36(44)33-21-25-19-20-43(32-16-6-5-12-26(32)35(25)46-33)37(45)31-15-8-14-29(40-31)27-22-39-42-30(27)18-17-24-10-3-2-4-11-24/h2-18,21-22H,19-20H2,1H3,(H,39,42)(H,41,44)/b18-17+. The summed E-state index contributed by atoms with van der Waals surface area (Å²) in [6.07, 6.45) is 6.22. The number of aromatic nitrogens is 3. The van der Waals surface area contributed by atoms with Gasteiger partial charge in [0.1, 0.15) is 11.5 Å². The van der Waals surface area contributed by atoms with Gasteiger partial charge in [-0.2, -0.15) is 5.10 Å². The molecule has 0 saturated carbocycles. The smallest absolute Gasteiger partial charge is 0.276 e. The first-order valence-electron chi connectivity index (χ1n) is 14.8. The van der Waals surface area contributed by atoms with Crippen LogP contribution in [-0.2, 0) is 6.42 Å². The number of thiophene rings is 1. The van der Waals surface area contributed by atoms with Crippen molar-refractivity contribution >= 4 is 46.7 Å². The van der Waals surface area contributed by atoms with Crippen molar-refractivity contribution in [1.29, 1.82) is 0 Å². The Hall–Kier alpha value is -5.67. The van der Waals surface area contributed by atoms with Gasteiger partial charge in [0.2, 0.25) is 0 Å². The molecule has 0 aliphatic carbocycles. The molecule has 0 spiro atoms. The number of aryl methyl sites for hydroxylation is 1. The first-order valence-corrected chi connectivity index (χ1v) is 15.6. The van der Waals surface area contributed by atoms with Crippen LogP contribution >= 0.6 is 11.3 Å². The number of H-pyrrole nitrogens is 1. The van der Waals surface area contributed by atoms with Gasteiger partial charge in [0.05, 0.1) is 27.6 Å². The predicted octanol–water partition coefficient (Wildman–Crippen LogP) is 8.27. The number of carbonyl (C=O) groups excluding carboxylic acids is 2. The third-order valence-corrected chi connectivity index (χ3v) is 9.14. The molecule has 0 atom stereocenters. The van der Waals surface area contributed by atoms with Gasteiger partial charge in [0.15, 0.2) is 0 Å². The highest BCUT2D eigenvalue weighted by molar-refractivity contribution is 7.17. The summed E-state index contributed by atoms with van der Waals surface area (Å²) in [5.41, 5.74) is 6.89. The van der Waals surface area contributed by atoms with E-state index in [2.05, 4.69) is 15.5 Å². The number of halogens is 1. The monoisotopic (exact) mass is 625 g/mol. The molecule has 2 amide bonds. The number of nitrogens with zero attached hydrogens (tertiary/aromatic N) is 3. The first kappa shape index (κ1) is 29.1. The lowest BCUT2D eigenvalue weighted by Gasteiger charge is -2.22. The molecule has 7 nitrogen and oxygen atoms in total. The van der Waals surface area contributed by atoms with Gasteiger partial charge in [-0.25, -0.2) is 9.37 Å². The van der Waals surface area contributed by atoms with Crippen molar-refractivity contribution in [2.24, 2.45) is 0 Å². The quantitative estimate of drug-likeness (QED) is 0.195. The molecule has 7 rings (SSSR count). The van der Waals surface area contributed by atoms with Gasteiger partial charge in [-0.15, -0.1) is 11.3 Å². The normalized spacial score (nSPS) is 12.4. The Morgan fingerprint density at radius 1 is 0.935 bits per heavy atom. The minimum Gasteiger partial charge on any atom is -0.319 e. The molecule has 9 heteroatoms. The number of hydrogen-bond acceptors (Lipinski definition) is 5. The lowest BCUT2D eigenvalue weighted by Crippen LogP contribution is -2.33. The number of amides is 2. The van der Waals surface area contributed by atoms with E-state index < -0.39 is 5.82 Å². The molecule has 1 aliphatic heterocycles. The third kappa shape index (κ3) is 5.64. The third-order valence-electron chi connectivity index (χ3n) is 7.93. The number of anilines is 2. The Bertz CT molecular complexity index is 2100. The fourth-order valence-electron chi connectivity index (χ4n) is 5.60. The van der Waals surface area contributed by atoms with Crippen LogP contribution in [0.3, 0.4) is 0 Å². The van der Waals surface area contributed by atoms with E-state index in [4.69, 9.17) is 4.98 Å². The van der Waals surface area contributed by atoms with Gasteiger partial charge < -0.3 is 10.2 Å². The van der Waals surface area contributed by atoms with Crippen LogP contribution in [-0.4, -0.2) is 33.5 Å². The van der Waals surface area contributed by atoms with E-state index in [1.165, 1.54) is 17.4 Å². The number of carbonyl (C=O) groups is 2. The number of benzene rings is 3. The van der Waals surface area contributed by atoms with Gasteiger partial charge >= 0.3 is 0 Å². The highest BCUT2D eigenvalue weighted by Gasteiger charge is 2.28. The van der Waals surface area contributed by atoms with Gasteiger partial charge in [0.25, 0.3) is 11.8 Å². The molecule has 0 saturated heterocycles. The second-order valence-electron chi connectivity index (χ2n) is 10.9. The van der Waals surface area contributed by atoms with Gasteiger partial charge in [-0.1, -0.05) is 72.8 Å². The number of fused-ring (bicyclic) bond motifs is 3. The molecule has 0 radical (unpaired) electrons. The Morgan fingerprint density at radius 3 is 2.59 bits per heavy atom. The van der Waals surface area contributed by atoms with Crippen molar-refractivity contribution in [3.63, 3.8) is 0 Å². The van der Waals surface area contributed by atoms with Gasteiger partial charge in [-0.3, -0.25) is 14.7 Å². The van der Waals surface area contributed by atoms with E-state index in [9.17, 15) is 14.0 Å². The Labute approximate surface area is 269 Å². The molecule has 2 N–H and O–H groups in total. The topological polar surface area (TPSA) is 91.0 Å². The average Bonchev–Trinajstić information content (AvgIpc) is 3.71. The van der Waals surface area contributed by atoms with Crippen LogP contribution in [0.5, 0.6) is 0 Å². The molecule has 1 aliphatic rings. The molecule has 0 bridgehead atoms. The number of pyridine rings is 1. The summed E-state index contributed by atoms with van der Waals surface area (Å²) in [6, 6.07) is 29.6. The number of para-hydroxylation sites is 2. The Kier molecular flexibility index (Phi) is 7.82. The summed E-state index contributed by atoms with van der Waals surface area (Å²) >= 11 is 1.34. The number of rotatable bonds is 6. The van der Waals surface area contributed by atoms with E-state index in [-0.39, 0.29) is 17.5 Å². The predicted molar refractivity (Wildman–Crippen MR) is 181 cm³/mol. The number of hydrogen-bond donors (Lipinski definition) is 2. The summed E-state index contributed by atoms with van der Waals surface area (Å²) in [6.45, 7) is 2.15. The van der Waals surface area contributed by atoms with Gasteiger partial charge in [0, 0.05) is 28.7 Å². The molecule has 0 fully saturated rings.